The molecule has 0 bridgehead atoms. The summed E-state index contributed by atoms with van der Waals surface area (Å²) in [5, 5.41) is 0. The van der Waals surface area contributed by atoms with Gasteiger partial charge in [-0.2, -0.15) is 13.5 Å². The molecule has 0 fully saturated rings. The van der Waals surface area contributed by atoms with E-state index >= 15 is 0 Å². The molecule has 9 nitrogen and oxygen atoms in total. The molecule has 0 aliphatic heterocycles. The van der Waals surface area contributed by atoms with Crippen molar-refractivity contribution in [2.75, 3.05) is 0 Å². The van der Waals surface area contributed by atoms with Crippen molar-refractivity contribution in [2.45, 2.75) is 0 Å². The summed E-state index contributed by atoms with van der Waals surface area (Å²) in [6.07, 6.45) is 0. The van der Waals surface area contributed by atoms with Gasteiger partial charge in [-0.3, -0.25) is 0 Å². The van der Waals surface area contributed by atoms with Gasteiger partial charge < -0.3 is 49.3 Å². The van der Waals surface area contributed by atoms with E-state index in [2.05, 4.69) is 0 Å². The zero-order valence-corrected chi connectivity index (χ0v) is 12.0. The van der Waals surface area contributed by atoms with Crippen molar-refractivity contribution in [3.63, 3.8) is 0 Å². The maximum absolute atomic E-state index is 0. The van der Waals surface area contributed by atoms with Gasteiger partial charge in [-0.25, -0.2) is 0 Å². The smallest absolute Gasteiger partial charge is 0 e. The molecule has 0 atom stereocenters. The molecule has 0 saturated carbocycles. The Hall–Kier alpha value is 1.99. The van der Waals surface area contributed by atoms with Gasteiger partial charge in [0.25, 0.3) is 0 Å². The first-order valence-corrected chi connectivity index (χ1v) is 0. The summed E-state index contributed by atoms with van der Waals surface area (Å²) < 4.78 is 0. The van der Waals surface area contributed by atoms with Crippen LogP contribution in [0.1, 0.15) is 0 Å². The molecule has 0 aromatic carbocycles. The van der Waals surface area contributed by atoms with Crippen LogP contribution in [0.4, 0.5) is 0 Å². The minimum absolute atomic E-state index is 0. The summed E-state index contributed by atoms with van der Waals surface area (Å²) >= 11 is 0. The second-order valence-electron chi connectivity index (χ2n) is 0. The van der Waals surface area contributed by atoms with E-state index in [1.807, 2.05) is 0 Å². The van der Waals surface area contributed by atoms with E-state index in [0.717, 1.165) is 0 Å². The summed E-state index contributed by atoms with van der Waals surface area (Å²) in [5.74, 6) is 0. The van der Waals surface area contributed by atoms with Gasteiger partial charge in [0.1, 0.15) is 0 Å². The van der Waals surface area contributed by atoms with E-state index in [0.29, 0.717) is 0 Å². The summed E-state index contributed by atoms with van der Waals surface area (Å²) in [7, 11) is 0. The van der Waals surface area contributed by atoms with Crippen molar-refractivity contribution in [3.05, 3.63) is 0 Å². The van der Waals surface area contributed by atoms with E-state index < -0.39 is 0 Å². The second-order valence-corrected chi connectivity index (χ2v) is 0. The van der Waals surface area contributed by atoms with Crippen molar-refractivity contribution < 1.29 is 49.3 Å². The number of hydrogen-bond donors (Lipinski definition) is 0. The molecule has 0 aliphatic rings. The van der Waals surface area contributed by atoms with Crippen molar-refractivity contribution in [1.82, 2.24) is 0 Å². The van der Waals surface area contributed by atoms with E-state index in [1.165, 1.54) is 0 Å². The Morgan fingerprint density at radius 1 is 0.250 bits per heavy atom. The molecular weight excluding hydrogens is 222 g/mol. The molecule has 0 spiro atoms. The van der Waals surface area contributed by atoms with Crippen LogP contribution in [0.2, 0.25) is 0 Å². The van der Waals surface area contributed by atoms with Crippen LogP contribution < -0.4 is 0 Å². The first-order valence-electron chi connectivity index (χ1n) is 0. The van der Waals surface area contributed by atoms with Crippen molar-refractivity contribution >= 4 is 72.6 Å². The normalized spacial score (nSPS) is 0. The molecule has 82 valence electrons. The van der Waals surface area contributed by atoms with E-state index in [-0.39, 0.29) is 122 Å². The largest absolute Gasteiger partial charge is 0.412 e. The zero-order valence-electron chi connectivity index (χ0n) is 7.00. The average Bonchev–Trinajstić information content (AvgIpc) is 0. The van der Waals surface area contributed by atoms with Crippen LogP contribution >= 0.6 is 13.5 Å². The Morgan fingerprint density at radius 3 is 0.250 bits per heavy atom. The summed E-state index contributed by atoms with van der Waals surface area (Å²) in [5.41, 5.74) is 0. The molecular formula is H20Na2O9S. The van der Waals surface area contributed by atoms with E-state index in [4.69, 9.17) is 0 Å². The molecule has 12 heteroatoms. The van der Waals surface area contributed by atoms with E-state index in [1.54, 1.807) is 0 Å². The Labute approximate surface area is 121 Å². The number of hydrogen-bond acceptors (Lipinski definition) is 0. The SMILES string of the molecule is O.O.O.O.O.O.O.O.O.S.[Na].[Na]. The number of rotatable bonds is 0. The average molecular weight is 242 g/mol. The van der Waals surface area contributed by atoms with Crippen LogP contribution in [-0.2, 0) is 0 Å². The topological polar surface area (TPSA) is 284 Å². The first-order chi connectivity index (χ1) is 0. The van der Waals surface area contributed by atoms with Crippen LogP contribution in [0.5, 0.6) is 0 Å². The quantitative estimate of drug-likeness (QED) is 0.357. The van der Waals surface area contributed by atoms with Gasteiger partial charge in [0.2, 0.25) is 0 Å². The Morgan fingerprint density at radius 2 is 0.250 bits per heavy atom. The van der Waals surface area contributed by atoms with Gasteiger partial charge in [0.15, 0.2) is 0 Å². The molecule has 0 heterocycles. The van der Waals surface area contributed by atoms with Gasteiger partial charge in [0, 0.05) is 59.1 Å². The van der Waals surface area contributed by atoms with Gasteiger partial charge in [-0.1, -0.05) is 0 Å². The fraction of sp³-hybridized carbons (Fsp3) is 0. The molecule has 0 rings (SSSR count). The molecule has 0 saturated heterocycles. The molecule has 12 heavy (non-hydrogen) atoms. The second kappa shape index (κ2) is 472. The molecule has 0 aliphatic carbocycles. The Balaban J connectivity index is 0. The zero-order chi connectivity index (χ0) is 0. The van der Waals surface area contributed by atoms with Crippen molar-refractivity contribution in [3.8, 4) is 0 Å². The van der Waals surface area contributed by atoms with Crippen LogP contribution in [0.15, 0.2) is 0 Å². The van der Waals surface area contributed by atoms with Crippen LogP contribution in [0, 0.1) is 0 Å². The Kier molecular flexibility index (Phi) is 23400. The molecule has 18 N–H and O–H groups in total. The van der Waals surface area contributed by atoms with Gasteiger partial charge in [-0.15, -0.1) is 0 Å². The minimum atomic E-state index is 0. The third kappa shape index (κ3) is 366. The fourth-order valence-electron chi connectivity index (χ4n) is 0. The third-order valence-corrected chi connectivity index (χ3v) is 0. The van der Waals surface area contributed by atoms with Crippen LogP contribution in [0.3, 0.4) is 0 Å². The van der Waals surface area contributed by atoms with E-state index in [9.17, 15) is 0 Å². The monoisotopic (exact) mass is 242 g/mol. The van der Waals surface area contributed by atoms with Gasteiger partial charge in [0.05, 0.1) is 0 Å². The maximum atomic E-state index is 0. The maximum Gasteiger partial charge on any atom is 0 e. The summed E-state index contributed by atoms with van der Waals surface area (Å²) in [4.78, 5) is 0. The minimum Gasteiger partial charge on any atom is -0.412 e. The molecule has 0 aromatic heterocycles. The first kappa shape index (κ1) is 596. The van der Waals surface area contributed by atoms with Crippen LogP contribution in [0.25, 0.3) is 0 Å². The van der Waals surface area contributed by atoms with Crippen molar-refractivity contribution in [2.24, 2.45) is 0 Å². The van der Waals surface area contributed by atoms with Crippen LogP contribution in [-0.4, -0.2) is 108 Å². The predicted octanol–water partition coefficient (Wildman–Crippen LogP) is -8.07. The third-order valence-electron chi connectivity index (χ3n) is 0. The van der Waals surface area contributed by atoms with Crippen molar-refractivity contribution in [1.29, 1.82) is 0 Å². The van der Waals surface area contributed by atoms with Gasteiger partial charge in [-0.05, 0) is 0 Å². The fourth-order valence-corrected chi connectivity index (χ4v) is 0. The predicted molar refractivity (Wildman–Crippen MR) is 54.4 cm³/mol. The Bertz CT molecular complexity index is 12.5. The molecule has 0 unspecified atom stereocenters. The molecule has 2 radical (unpaired) electrons. The molecule has 0 aromatic rings. The summed E-state index contributed by atoms with van der Waals surface area (Å²) in [6.45, 7) is 0. The summed E-state index contributed by atoms with van der Waals surface area (Å²) in [6, 6.07) is 0. The van der Waals surface area contributed by atoms with Gasteiger partial charge >= 0.3 is 0 Å². The molecule has 0 amide bonds. The standard InChI is InChI=1S/2Na.9H2O.H2S/h;;10*1H2.